The van der Waals surface area contributed by atoms with E-state index >= 15 is 0 Å². The molecule has 5 nitrogen and oxygen atoms in total. The van der Waals surface area contributed by atoms with E-state index in [1.807, 2.05) is 0 Å². The second-order valence-electron chi connectivity index (χ2n) is 4.50. The molecule has 0 bridgehead atoms. The number of unbranched alkanes of at least 4 members (excludes halogenated alkanes) is 2. The molecule has 0 atom stereocenters. The summed E-state index contributed by atoms with van der Waals surface area (Å²) in [4.78, 5) is 23.1. The monoisotopic (exact) mass is 278 g/mol. The third-order valence-electron chi connectivity index (χ3n) is 2.72. The number of benzene rings is 1. The fraction of sp³-hybridized carbons (Fsp3) is 0.467. The summed E-state index contributed by atoms with van der Waals surface area (Å²) in [5, 5.41) is 5.48. The Kier molecular flexibility index (Phi) is 7.35. The van der Waals surface area contributed by atoms with Crippen LogP contribution >= 0.6 is 0 Å². The Morgan fingerprint density at radius 3 is 2.45 bits per heavy atom. The van der Waals surface area contributed by atoms with Gasteiger partial charge in [-0.15, -0.1) is 0 Å². The van der Waals surface area contributed by atoms with Crippen LogP contribution in [0.5, 0.6) is 0 Å². The molecule has 0 aliphatic carbocycles. The minimum absolute atomic E-state index is 0.123. The van der Waals surface area contributed by atoms with Crippen molar-refractivity contribution in [1.82, 2.24) is 5.32 Å². The molecule has 0 fully saturated rings. The van der Waals surface area contributed by atoms with Gasteiger partial charge in [-0.3, -0.25) is 4.79 Å². The molecule has 1 amide bonds. The van der Waals surface area contributed by atoms with Gasteiger partial charge >= 0.3 is 5.97 Å². The summed E-state index contributed by atoms with van der Waals surface area (Å²) >= 11 is 0. The molecule has 5 heteroatoms. The minimum atomic E-state index is -0.325. The van der Waals surface area contributed by atoms with Crippen LogP contribution in [0.1, 0.15) is 36.5 Å². The maximum Gasteiger partial charge on any atom is 0.338 e. The van der Waals surface area contributed by atoms with Crippen molar-refractivity contribution in [3.05, 3.63) is 29.8 Å². The van der Waals surface area contributed by atoms with Gasteiger partial charge in [-0.2, -0.15) is 0 Å². The number of carbonyl (C=O) groups is 2. The molecule has 0 saturated carbocycles. The summed E-state index contributed by atoms with van der Waals surface area (Å²) in [6, 6.07) is 6.68. The zero-order valence-corrected chi connectivity index (χ0v) is 12.1. The van der Waals surface area contributed by atoms with E-state index in [-0.39, 0.29) is 18.4 Å². The van der Waals surface area contributed by atoms with Crippen LogP contribution in [0.25, 0.3) is 0 Å². The maximum atomic E-state index is 11.7. The molecular formula is C15H22N2O3. The van der Waals surface area contributed by atoms with Crippen LogP contribution < -0.4 is 10.6 Å². The normalized spacial score (nSPS) is 10.1. The number of esters is 1. The number of hydrogen-bond acceptors (Lipinski definition) is 4. The van der Waals surface area contributed by atoms with Gasteiger partial charge in [-0.05, 0) is 37.7 Å². The van der Waals surface area contributed by atoms with Gasteiger partial charge in [0.25, 0.3) is 0 Å². The lowest BCUT2D eigenvalue weighted by Gasteiger charge is -2.07. The number of likely N-dealkylation sites (N-methyl/N-ethyl adjacent to an activating group) is 1. The molecule has 2 N–H and O–H groups in total. The van der Waals surface area contributed by atoms with Crippen molar-refractivity contribution in [2.75, 3.05) is 25.5 Å². The number of nitrogens with one attached hydrogen (secondary N) is 2. The molecule has 20 heavy (non-hydrogen) atoms. The Balaban J connectivity index is 2.45. The average molecular weight is 278 g/mol. The Bertz CT molecular complexity index is 429. The first-order valence-corrected chi connectivity index (χ1v) is 6.89. The summed E-state index contributed by atoms with van der Waals surface area (Å²) in [5.41, 5.74) is 1.15. The first-order chi connectivity index (χ1) is 9.67. The largest absolute Gasteiger partial charge is 0.462 e. The van der Waals surface area contributed by atoms with Crippen molar-refractivity contribution >= 4 is 17.6 Å². The number of amides is 1. The summed E-state index contributed by atoms with van der Waals surface area (Å²) in [6.45, 7) is 2.80. The fourth-order valence-corrected chi connectivity index (χ4v) is 1.66. The van der Waals surface area contributed by atoms with E-state index in [4.69, 9.17) is 4.74 Å². The molecule has 110 valence electrons. The Labute approximate surface area is 119 Å². The lowest BCUT2D eigenvalue weighted by molar-refractivity contribution is -0.115. The van der Waals surface area contributed by atoms with Crippen molar-refractivity contribution in [2.45, 2.75) is 26.2 Å². The Hall–Kier alpha value is -1.88. The van der Waals surface area contributed by atoms with E-state index in [0.29, 0.717) is 17.9 Å². The van der Waals surface area contributed by atoms with Crippen LogP contribution in [0.3, 0.4) is 0 Å². The van der Waals surface area contributed by atoms with Crippen molar-refractivity contribution < 1.29 is 14.3 Å². The van der Waals surface area contributed by atoms with Gasteiger partial charge in [-0.25, -0.2) is 4.79 Å². The smallest absolute Gasteiger partial charge is 0.338 e. The molecule has 0 radical (unpaired) electrons. The molecule has 1 rings (SSSR count). The maximum absolute atomic E-state index is 11.7. The average Bonchev–Trinajstić information content (AvgIpc) is 2.44. The highest BCUT2D eigenvalue weighted by molar-refractivity contribution is 5.93. The lowest BCUT2D eigenvalue weighted by Crippen LogP contribution is -2.25. The van der Waals surface area contributed by atoms with E-state index in [1.54, 1.807) is 31.3 Å². The molecule has 0 unspecified atom stereocenters. The van der Waals surface area contributed by atoms with Gasteiger partial charge < -0.3 is 15.4 Å². The van der Waals surface area contributed by atoms with Gasteiger partial charge in [0.05, 0.1) is 18.7 Å². The highest BCUT2D eigenvalue weighted by atomic mass is 16.5. The van der Waals surface area contributed by atoms with Crippen LogP contribution in [-0.2, 0) is 9.53 Å². The van der Waals surface area contributed by atoms with Crippen molar-refractivity contribution in [3.8, 4) is 0 Å². The van der Waals surface area contributed by atoms with Crippen LogP contribution in [-0.4, -0.2) is 32.1 Å². The van der Waals surface area contributed by atoms with Crippen molar-refractivity contribution in [3.63, 3.8) is 0 Å². The third-order valence-corrected chi connectivity index (χ3v) is 2.72. The second kappa shape index (κ2) is 9.09. The number of carbonyl (C=O) groups excluding carboxylic acids is 2. The first kappa shape index (κ1) is 16.2. The quantitative estimate of drug-likeness (QED) is 0.565. The third kappa shape index (κ3) is 5.84. The van der Waals surface area contributed by atoms with Crippen LogP contribution in [0, 0.1) is 0 Å². The standard InChI is InChI=1S/C15H22N2O3/c1-3-4-5-10-20-15(19)12-6-8-13(9-7-12)17-14(18)11-16-2/h6-9,16H,3-5,10-11H2,1-2H3,(H,17,18). The van der Waals surface area contributed by atoms with Gasteiger partial charge in [0.15, 0.2) is 0 Å². The topological polar surface area (TPSA) is 67.4 Å². The van der Waals surface area contributed by atoms with Crippen molar-refractivity contribution in [1.29, 1.82) is 0 Å². The molecule has 0 spiro atoms. The minimum Gasteiger partial charge on any atom is -0.462 e. The van der Waals surface area contributed by atoms with Gasteiger partial charge in [0, 0.05) is 5.69 Å². The Morgan fingerprint density at radius 1 is 1.15 bits per heavy atom. The molecule has 0 saturated heterocycles. The molecule has 0 aliphatic rings. The molecule has 1 aromatic rings. The second-order valence-corrected chi connectivity index (χ2v) is 4.50. The zero-order valence-electron chi connectivity index (χ0n) is 12.1. The van der Waals surface area contributed by atoms with E-state index in [1.165, 1.54) is 0 Å². The summed E-state index contributed by atoms with van der Waals surface area (Å²) in [7, 11) is 1.71. The number of hydrogen-bond donors (Lipinski definition) is 2. The molecule has 1 aromatic carbocycles. The number of ether oxygens (including phenoxy) is 1. The van der Waals surface area contributed by atoms with Gasteiger partial charge in [0.1, 0.15) is 0 Å². The number of rotatable bonds is 8. The van der Waals surface area contributed by atoms with E-state index in [9.17, 15) is 9.59 Å². The predicted molar refractivity (Wildman–Crippen MR) is 78.8 cm³/mol. The van der Waals surface area contributed by atoms with Crippen molar-refractivity contribution in [2.24, 2.45) is 0 Å². The SMILES string of the molecule is CCCCCOC(=O)c1ccc(NC(=O)CNC)cc1. The molecule has 0 heterocycles. The highest BCUT2D eigenvalue weighted by Gasteiger charge is 2.07. The zero-order chi connectivity index (χ0) is 14.8. The van der Waals surface area contributed by atoms with E-state index in [2.05, 4.69) is 17.6 Å². The molecule has 0 aromatic heterocycles. The van der Waals surface area contributed by atoms with Gasteiger partial charge in [-0.1, -0.05) is 19.8 Å². The fourth-order valence-electron chi connectivity index (χ4n) is 1.66. The van der Waals surface area contributed by atoms with Crippen LogP contribution in [0.2, 0.25) is 0 Å². The predicted octanol–water partition coefficient (Wildman–Crippen LogP) is 2.19. The number of anilines is 1. The first-order valence-electron chi connectivity index (χ1n) is 6.89. The van der Waals surface area contributed by atoms with Crippen LogP contribution in [0.4, 0.5) is 5.69 Å². The Morgan fingerprint density at radius 2 is 1.85 bits per heavy atom. The molecule has 0 aliphatic heterocycles. The van der Waals surface area contributed by atoms with E-state index < -0.39 is 0 Å². The van der Waals surface area contributed by atoms with E-state index in [0.717, 1.165) is 19.3 Å². The van der Waals surface area contributed by atoms with Crippen LogP contribution in [0.15, 0.2) is 24.3 Å². The van der Waals surface area contributed by atoms with Gasteiger partial charge in [0.2, 0.25) is 5.91 Å². The summed E-state index contributed by atoms with van der Waals surface area (Å²) in [6.07, 6.45) is 3.04. The highest BCUT2D eigenvalue weighted by Crippen LogP contribution is 2.10. The lowest BCUT2D eigenvalue weighted by atomic mass is 10.2. The molecular weight excluding hydrogens is 256 g/mol. The summed E-state index contributed by atoms with van der Waals surface area (Å²) in [5.74, 6) is -0.448. The summed E-state index contributed by atoms with van der Waals surface area (Å²) < 4.78 is 5.15.